The van der Waals surface area contributed by atoms with E-state index in [1.165, 1.54) is 23.1 Å². The van der Waals surface area contributed by atoms with Crippen LogP contribution in [0.5, 0.6) is 0 Å². The molecule has 0 aromatic heterocycles. The summed E-state index contributed by atoms with van der Waals surface area (Å²) in [7, 11) is -3.97. The number of hydrogen-bond donors (Lipinski definition) is 1. The number of amides is 2. The molecule has 0 aliphatic heterocycles. The van der Waals surface area contributed by atoms with Crippen LogP contribution in [0, 0.1) is 5.82 Å². The minimum Gasteiger partial charge on any atom is -0.352 e. The number of hydrogen-bond acceptors (Lipinski definition) is 4. The average molecular weight is 554 g/mol. The molecule has 34 heavy (non-hydrogen) atoms. The standard InChI is InChI=1S/C24H29BrFN3O4S/c1-17(24(31)27-20-7-3-4-8-20)28(15-18-11-13-19(25)14-12-18)23(30)16-29(34(2,32)33)22-10-6-5-9-21(22)26/h5-6,9-14,17,20H,3-4,7-8,15-16H2,1-2H3,(H,27,31)/t17-/m1/s1. The molecule has 2 aromatic rings. The number of benzene rings is 2. The number of carbonyl (C=O) groups excluding carboxylic acids is 2. The van der Waals surface area contributed by atoms with Gasteiger partial charge in [0.25, 0.3) is 0 Å². The summed E-state index contributed by atoms with van der Waals surface area (Å²) in [5.41, 5.74) is 0.555. The quantitative estimate of drug-likeness (QED) is 0.511. The molecule has 1 fully saturated rings. The number of nitrogens with one attached hydrogen (secondary N) is 1. The molecule has 10 heteroatoms. The van der Waals surface area contributed by atoms with Gasteiger partial charge in [-0.1, -0.05) is 53.0 Å². The van der Waals surface area contributed by atoms with Crippen molar-refractivity contribution < 1.29 is 22.4 Å². The van der Waals surface area contributed by atoms with E-state index < -0.39 is 34.3 Å². The third kappa shape index (κ3) is 6.79. The first-order valence-electron chi connectivity index (χ1n) is 11.1. The Hall–Kier alpha value is -2.46. The Labute approximate surface area is 208 Å². The molecule has 1 saturated carbocycles. The molecule has 0 saturated heterocycles. The molecule has 1 atom stereocenters. The van der Waals surface area contributed by atoms with Gasteiger partial charge in [-0.25, -0.2) is 12.8 Å². The van der Waals surface area contributed by atoms with Crippen molar-refractivity contribution in [3.05, 3.63) is 64.4 Å². The number of anilines is 1. The van der Waals surface area contributed by atoms with Crippen molar-refractivity contribution in [1.82, 2.24) is 10.2 Å². The molecule has 1 aliphatic rings. The minimum absolute atomic E-state index is 0.0746. The molecule has 0 spiro atoms. The van der Waals surface area contributed by atoms with Crippen molar-refractivity contribution in [1.29, 1.82) is 0 Å². The smallest absolute Gasteiger partial charge is 0.244 e. The van der Waals surface area contributed by atoms with Crippen molar-refractivity contribution in [2.75, 3.05) is 17.1 Å². The average Bonchev–Trinajstić information content (AvgIpc) is 3.29. The number of sulfonamides is 1. The van der Waals surface area contributed by atoms with Gasteiger partial charge in [-0.3, -0.25) is 13.9 Å². The van der Waals surface area contributed by atoms with Crippen LogP contribution in [0.1, 0.15) is 38.2 Å². The summed E-state index contributed by atoms with van der Waals surface area (Å²) in [6, 6.07) is 11.9. The summed E-state index contributed by atoms with van der Waals surface area (Å²) in [6.45, 7) is 1.09. The number of para-hydroxylation sites is 1. The van der Waals surface area contributed by atoms with Crippen LogP contribution in [0.2, 0.25) is 0 Å². The van der Waals surface area contributed by atoms with Crippen LogP contribution in [-0.2, 0) is 26.2 Å². The SMILES string of the molecule is C[C@H](C(=O)NC1CCCC1)N(Cc1ccc(Br)cc1)C(=O)CN(c1ccccc1F)S(C)(=O)=O. The van der Waals surface area contributed by atoms with E-state index in [1.54, 1.807) is 6.92 Å². The summed E-state index contributed by atoms with van der Waals surface area (Å²) in [6.07, 6.45) is 4.81. The molecule has 1 aliphatic carbocycles. The van der Waals surface area contributed by atoms with E-state index in [2.05, 4.69) is 21.2 Å². The van der Waals surface area contributed by atoms with Gasteiger partial charge in [-0.15, -0.1) is 0 Å². The third-order valence-corrected chi connectivity index (χ3v) is 7.59. The van der Waals surface area contributed by atoms with Gasteiger partial charge in [0.2, 0.25) is 21.8 Å². The zero-order chi connectivity index (χ0) is 24.9. The van der Waals surface area contributed by atoms with E-state index in [1.807, 2.05) is 24.3 Å². The first-order chi connectivity index (χ1) is 16.1. The largest absolute Gasteiger partial charge is 0.352 e. The second-order valence-corrected chi connectivity index (χ2v) is 11.4. The summed E-state index contributed by atoms with van der Waals surface area (Å²) in [5, 5.41) is 3.00. The summed E-state index contributed by atoms with van der Waals surface area (Å²) >= 11 is 3.38. The first-order valence-corrected chi connectivity index (χ1v) is 13.8. The Kier molecular flexibility index (Phi) is 8.70. The molecular formula is C24H29BrFN3O4S. The van der Waals surface area contributed by atoms with E-state index >= 15 is 0 Å². The normalized spacial score (nSPS) is 15.1. The Morgan fingerprint density at radius 3 is 2.32 bits per heavy atom. The molecule has 0 bridgehead atoms. The van der Waals surface area contributed by atoms with Gasteiger partial charge in [0.15, 0.2) is 0 Å². The molecule has 3 rings (SSSR count). The predicted molar refractivity (Wildman–Crippen MR) is 133 cm³/mol. The van der Waals surface area contributed by atoms with Crippen molar-refractivity contribution in [2.45, 2.75) is 51.2 Å². The highest BCUT2D eigenvalue weighted by Gasteiger charge is 2.32. The van der Waals surface area contributed by atoms with Gasteiger partial charge in [-0.05, 0) is 49.6 Å². The van der Waals surface area contributed by atoms with Gasteiger partial charge in [0.05, 0.1) is 11.9 Å². The highest BCUT2D eigenvalue weighted by molar-refractivity contribution is 9.10. The number of rotatable bonds is 9. The maximum Gasteiger partial charge on any atom is 0.244 e. The lowest BCUT2D eigenvalue weighted by Gasteiger charge is -2.32. The lowest BCUT2D eigenvalue weighted by atomic mass is 10.1. The fraction of sp³-hybridized carbons (Fsp3) is 0.417. The van der Waals surface area contributed by atoms with Gasteiger partial charge in [0.1, 0.15) is 18.4 Å². The third-order valence-electron chi connectivity index (χ3n) is 5.94. The Morgan fingerprint density at radius 1 is 1.12 bits per heavy atom. The highest BCUT2D eigenvalue weighted by Crippen LogP contribution is 2.23. The number of halogens is 2. The monoisotopic (exact) mass is 553 g/mol. The van der Waals surface area contributed by atoms with Gasteiger partial charge < -0.3 is 10.2 Å². The van der Waals surface area contributed by atoms with Crippen LogP contribution in [-0.4, -0.2) is 50.0 Å². The molecular weight excluding hydrogens is 525 g/mol. The highest BCUT2D eigenvalue weighted by atomic mass is 79.9. The lowest BCUT2D eigenvalue weighted by molar-refractivity contribution is -0.139. The lowest BCUT2D eigenvalue weighted by Crippen LogP contribution is -2.52. The van der Waals surface area contributed by atoms with Crippen molar-refractivity contribution in [2.24, 2.45) is 0 Å². The van der Waals surface area contributed by atoms with E-state index in [0.717, 1.165) is 52.3 Å². The van der Waals surface area contributed by atoms with Crippen molar-refractivity contribution in [3.8, 4) is 0 Å². The molecule has 1 N–H and O–H groups in total. The predicted octanol–water partition coefficient (Wildman–Crippen LogP) is 3.83. The minimum atomic E-state index is -3.97. The fourth-order valence-electron chi connectivity index (χ4n) is 4.01. The summed E-state index contributed by atoms with van der Waals surface area (Å²) in [4.78, 5) is 27.8. The van der Waals surface area contributed by atoms with Crippen molar-refractivity contribution in [3.63, 3.8) is 0 Å². The maximum absolute atomic E-state index is 14.4. The van der Waals surface area contributed by atoms with E-state index in [0.29, 0.717) is 0 Å². The molecule has 0 radical (unpaired) electrons. The maximum atomic E-state index is 14.4. The topological polar surface area (TPSA) is 86.8 Å². The van der Waals surface area contributed by atoms with Crippen LogP contribution in [0.15, 0.2) is 53.0 Å². The van der Waals surface area contributed by atoms with Gasteiger partial charge in [-0.2, -0.15) is 0 Å². The first kappa shape index (κ1) is 26.2. The zero-order valence-corrected chi connectivity index (χ0v) is 21.6. The van der Waals surface area contributed by atoms with Crippen LogP contribution in [0.4, 0.5) is 10.1 Å². The number of nitrogens with zero attached hydrogens (tertiary/aromatic N) is 2. The van der Waals surface area contributed by atoms with Crippen LogP contribution >= 0.6 is 15.9 Å². The van der Waals surface area contributed by atoms with Crippen LogP contribution in [0.25, 0.3) is 0 Å². The van der Waals surface area contributed by atoms with Gasteiger partial charge in [0, 0.05) is 17.1 Å². The Morgan fingerprint density at radius 2 is 1.74 bits per heavy atom. The van der Waals surface area contributed by atoms with Crippen LogP contribution in [0.3, 0.4) is 0 Å². The van der Waals surface area contributed by atoms with E-state index in [4.69, 9.17) is 0 Å². The molecule has 184 valence electrons. The summed E-state index contributed by atoms with van der Waals surface area (Å²) < 4.78 is 41.0. The molecule has 2 amide bonds. The molecule has 0 unspecified atom stereocenters. The zero-order valence-electron chi connectivity index (χ0n) is 19.2. The summed E-state index contributed by atoms with van der Waals surface area (Å²) in [5.74, 6) is -1.66. The molecule has 0 heterocycles. The van der Waals surface area contributed by atoms with E-state index in [-0.39, 0.29) is 24.2 Å². The molecule has 2 aromatic carbocycles. The van der Waals surface area contributed by atoms with Crippen LogP contribution < -0.4 is 9.62 Å². The second kappa shape index (κ2) is 11.3. The van der Waals surface area contributed by atoms with Crippen molar-refractivity contribution >= 4 is 43.5 Å². The number of carbonyl (C=O) groups is 2. The molecule has 7 nitrogen and oxygen atoms in total. The van der Waals surface area contributed by atoms with E-state index in [9.17, 15) is 22.4 Å². The van der Waals surface area contributed by atoms with Gasteiger partial charge >= 0.3 is 0 Å². The fourth-order valence-corrected chi connectivity index (χ4v) is 5.12. The Bertz CT molecular complexity index is 1120. The Balaban J connectivity index is 1.88. The second-order valence-electron chi connectivity index (χ2n) is 8.54.